The molecule has 0 amide bonds. The summed E-state index contributed by atoms with van der Waals surface area (Å²) in [6.07, 6.45) is 2.22. The number of nitrogens with one attached hydrogen (secondary N) is 1. The zero-order valence-electron chi connectivity index (χ0n) is 13.0. The van der Waals surface area contributed by atoms with Crippen LogP contribution in [0, 0.1) is 0 Å². The second kappa shape index (κ2) is 7.81. The molecule has 0 aromatic heterocycles. The maximum Gasteiger partial charge on any atom is 0.126 e. The fourth-order valence-electron chi connectivity index (χ4n) is 2.37. The Balaban J connectivity index is 2.22. The van der Waals surface area contributed by atoms with Gasteiger partial charge in [0, 0.05) is 25.6 Å². The first kappa shape index (κ1) is 15.5. The van der Waals surface area contributed by atoms with Crippen LogP contribution in [0.15, 0.2) is 42.0 Å². The van der Waals surface area contributed by atoms with Gasteiger partial charge in [0.05, 0.1) is 13.7 Å². The van der Waals surface area contributed by atoms with Crippen LogP contribution in [0.3, 0.4) is 0 Å². The molecular weight excluding hydrogens is 262 g/mol. The summed E-state index contributed by atoms with van der Waals surface area (Å²) in [7, 11) is 3.43. The Kier molecular flexibility index (Phi) is 5.78. The van der Waals surface area contributed by atoms with Crippen LogP contribution in [0.5, 0.6) is 5.75 Å². The monoisotopic (exact) mass is 285 g/mol. The van der Waals surface area contributed by atoms with Crippen LogP contribution in [0.2, 0.25) is 0 Å². The zero-order valence-corrected chi connectivity index (χ0v) is 13.0. The van der Waals surface area contributed by atoms with Gasteiger partial charge in [-0.25, -0.2) is 0 Å². The number of hydrogen-bond acceptors (Lipinski definition) is 3. The van der Waals surface area contributed by atoms with E-state index in [0.29, 0.717) is 0 Å². The minimum absolute atomic E-state index is 0.735. The van der Waals surface area contributed by atoms with Crippen molar-refractivity contribution in [2.45, 2.75) is 6.92 Å². The van der Waals surface area contributed by atoms with Crippen molar-refractivity contribution in [1.82, 2.24) is 5.32 Å². The predicted molar refractivity (Wildman–Crippen MR) is 88.9 cm³/mol. The Morgan fingerprint density at radius 2 is 1.86 bits per heavy atom. The minimum atomic E-state index is 0.735. The number of methoxy groups -OCH3 is 2. The van der Waals surface area contributed by atoms with Crippen molar-refractivity contribution in [1.29, 1.82) is 0 Å². The summed E-state index contributed by atoms with van der Waals surface area (Å²) in [6.45, 7) is 4.60. The lowest BCUT2D eigenvalue weighted by Gasteiger charge is -2.09. The molecule has 0 atom stereocenters. The largest absolute Gasteiger partial charge is 0.496 e. The number of fused-ring (bicyclic) bond motifs is 1. The number of ether oxygens (including phenoxy) is 2. The third-order valence-electron chi connectivity index (χ3n) is 3.43. The summed E-state index contributed by atoms with van der Waals surface area (Å²) < 4.78 is 10.5. The SMILES string of the molecule is COCCNC/C(C)=C/c1ccc(OC)c2ccccc12. The highest BCUT2D eigenvalue weighted by molar-refractivity contribution is 5.95. The molecule has 21 heavy (non-hydrogen) atoms. The van der Waals surface area contributed by atoms with Gasteiger partial charge in [0.1, 0.15) is 5.75 Å². The van der Waals surface area contributed by atoms with E-state index in [9.17, 15) is 0 Å². The first-order valence-electron chi connectivity index (χ1n) is 7.19. The van der Waals surface area contributed by atoms with Gasteiger partial charge in [0.25, 0.3) is 0 Å². The molecule has 0 spiro atoms. The van der Waals surface area contributed by atoms with Crippen molar-refractivity contribution in [3.63, 3.8) is 0 Å². The van der Waals surface area contributed by atoms with E-state index in [1.54, 1.807) is 14.2 Å². The van der Waals surface area contributed by atoms with Crippen LogP contribution in [0.25, 0.3) is 16.8 Å². The van der Waals surface area contributed by atoms with E-state index in [4.69, 9.17) is 9.47 Å². The zero-order chi connectivity index (χ0) is 15.1. The third kappa shape index (κ3) is 4.06. The Labute approximate surface area is 126 Å². The minimum Gasteiger partial charge on any atom is -0.496 e. The number of benzene rings is 2. The van der Waals surface area contributed by atoms with Gasteiger partial charge in [-0.15, -0.1) is 0 Å². The molecule has 3 nitrogen and oxygen atoms in total. The number of hydrogen-bond donors (Lipinski definition) is 1. The van der Waals surface area contributed by atoms with Crippen LogP contribution >= 0.6 is 0 Å². The fraction of sp³-hybridized carbons (Fsp3) is 0.333. The molecule has 0 aliphatic heterocycles. The van der Waals surface area contributed by atoms with Crippen molar-refractivity contribution >= 4 is 16.8 Å². The van der Waals surface area contributed by atoms with Crippen molar-refractivity contribution in [3.8, 4) is 5.75 Å². The third-order valence-corrected chi connectivity index (χ3v) is 3.43. The molecule has 1 N–H and O–H groups in total. The summed E-state index contributed by atoms with van der Waals surface area (Å²) >= 11 is 0. The average Bonchev–Trinajstić information content (AvgIpc) is 2.52. The molecule has 0 aliphatic rings. The van der Waals surface area contributed by atoms with Crippen molar-refractivity contribution in [2.75, 3.05) is 33.9 Å². The van der Waals surface area contributed by atoms with E-state index in [0.717, 1.165) is 30.8 Å². The molecule has 0 saturated carbocycles. The second-order valence-electron chi connectivity index (χ2n) is 5.06. The van der Waals surface area contributed by atoms with E-state index in [2.05, 4.69) is 42.6 Å². The normalized spacial score (nSPS) is 11.9. The van der Waals surface area contributed by atoms with Gasteiger partial charge >= 0.3 is 0 Å². The van der Waals surface area contributed by atoms with Crippen LogP contribution in [0.4, 0.5) is 0 Å². The maximum absolute atomic E-state index is 5.43. The van der Waals surface area contributed by atoms with Gasteiger partial charge in [0.15, 0.2) is 0 Å². The average molecular weight is 285 g/mol. The van der Waals surface area contributed by atoms with E-state index in [1.807, 2.05) is 12.1 Å². The molecular formula is C18H23NO2. The molecule has 2 rings (SSSR count). The van der Waals surface area contributed by atoms with E-state index in [-0.39, 0.29) is 0 Å². The quantitative estimate of drug-likeness (QED) is 0.790. The first-order valence-corrected chi connectivity index (χ1v) is 7.19. The Morgan fingerprint density at radius 3 is 2.57 bits per heavy atom. The van der Waals surface area contributed by atoms with E-state index in [1.165, 1.54) is 16.5 Å². The predicted octanol–water partition coefficient (Wildman–Crippen LogP) is 3.49. The maximum atomic E-state index is 5.43. The molecule has 112 valence electrons. The second-order valence-corrected chi connectivity index (χ2v) is 5.06. The molecule has 0 fully saturated rings. The molecule has 2 aromatic rings. The fourth-order valence-corrected chi connectivity index (χ4v) is 2.37. The molecule has 0 saturated heterocycles. The van der Waals surface area contributed by atoms with Crippen LogP contribution in [-0.2, 0) is 4.74 Å². The van der Waals surface area contributed by atoms with Gasteiger partial charge in [-0.2, -0.15) is 0 Å². The Morgan fingerprint density at radius 1 is 1.10 bits per heavy atom. The first-order chi connectivity index (χ1) is 10.3. The summed E-state index contributed by atoms with van der Waals surface area (Å²) in [5.41, 5.74) is 2.51. The topological polar surface area (TPSA) is 30.5 Å². The smallest absolute Gasteiger partial charge is 0.126 e. The highest BCUT2D eigenvalue weighted by Crippen LogP contribution is 2.29. The van der Waals surface area contributed by atoms with Crippen molar-refractivity contribution < 1.29 is 9.47 Å². The summed E-state index contributed by atoms with van der Waals surface area (Å²) in [5.74, 6) is 0.915. The van der Waals surface area contributed by atoms with Gasteiger partial charge in [-0.3, -0.25) is 0 Å². The standard InChI is InChI=1S/C18H23NO2/c1-14(13-19-10-11-20-2)12-15-8-9-18(21-3)17-7-5-4-6-16(15)17/h4-9,12,19H,10-11,13H2,1-3H3/b14-12+. The molecule has 0 radical (unpaired) electrons. The lowest BCUT2D eigenvalue weighted by molar-refractivity contribution is 0.200. The molecule has 0 aliphatic carbocycles. The summed E-state index contributed by atoms with van der Waals surface area (Å²) in [4.78, 5) is 0. The highest BCUT2D eigenvalue weighted by Gasteiger charge is 2.04. The summed E-state index contributed by atoms with van der Waals surface area (Å²) in [6, 6.07) is 12.5. The number of rotatable bonds is 7. The molecule has 0 heterocycles. The van der Waals surface area contributed by atoms with Gasteiger partial charge in [-0.1, -0.05) is 42.0 Å². The molecule has 0 unspecified atom stereocenters. The van der Waals surface area contributed by atoms with Crippen molar-refractivity contribution in [3.05, 3.63) is 47.5 Å². The van der Waals surface area contributed by atoms with Gasteiger partial charge < -0.3 is 14.8 Å². The van der Waals surface area contributed by atoms with E-state index < -0.39 is 0 Å². The van der Waals surface area contributed by atoms with Crippen molar-refractivity contribution in [2.24, 2.45) is 0 Å². The molecule has 3 heteroatoms. The lowest BCUT2D eigenvalue weighted by atomic mass is 10.0. The molecule has 2 aromatic carbocycles. The summed E-state index contributed by atoms with van der Waals surface area (Å²) in [5, 5.41) is 5.72. The van der Waals surface area contributed by atoms with Crippen LogP contribution < -0.4 is 10.1 Å². The lowest BCUT2D eigenvalue weighted by Crippen LogP contribution is -2.20. The van der Waals surface area contributed by atoms with Crippen LogP contribution in [-0.4, -0.2) is 33.9 Å². The van der Waals surface area contributed by atoms with Gasteiger partial charge in [0.2, 0.25) is 0 Å². The highest BCUT2D eigenvalue weighted by atomic mass is 16.5. The Hall–Kier alpha value is -1.84. The Bertz CT molecular complexity index is 620. The van der Waals surface area contributed by atoms with E-state index >= 15 is 0 Å². The molecule has 0 bridgehead atoms. The van der Waals surface area contributed by atoms with Gasteiger partial charge in [-0.05, 0) is 23.9 Å². The van der Waals surface area contributed by atoms with Crippen LogP contribution in [0.1, 0.15) is 12.5 Å².